The molecule has 0 radical (unpaired) electrons. The van der Waals surface area contributed by atoms with Crippen LogP contribution in [0.3, 0.4) is 0 Å². The van der Waals surface area contributed by atoms with Crippen molar-refractivity contribution in [2.75, 3.05) is 5.32 Å². The van der Waals surface area contributed by atoms with Crippen LogP contribution in [0.15, 0.2) is 84.9 Å². The Kier molecular flexibility index (Phi) is 7.17. The molecule has 6 nitrogen and oxygen atoms in total. The van der Waals surface area contributed by atoms with Crippen LogP contribution in [-0.4, -0.2) is 18.0 Å². The molecule has 0 aliphatic rings. The average Bonchev–Trinajstić information content (AvgIpc) is 2.79. The van der Waals surface area contributed by atoms with Crippen LogP contribution in [0.5, 0.6) is 0 Å². The molecule has 0 fully saturated rings. The number of hydrogen-bond acceptors (Lipinski definition) is 4. The molecule has 3 aromatic carbocycles. The molecule has 3 aromatic rings. The lowest BCUT2D eigenvalue weighted by molar-refractivity contribution is -0.118. The molecule has 0 saturated carbocycles. The molecular weight excluding hydrogens is 378 g/mol. The molecule has 0 bridgehead atoms. The molecule has 1 atom stereocenters. The maximum absolute atomic E-state index is 12.8. The minimum Gasteiger partial charge on any atom is -0.445 e. The van der Waals surface area contributed by atoms with E-state index in [0.717, 1.165) is 11.1 Å². The topological polar surface area (TPSA) is 91.2 Å². The van der Waals surface area contributed by atoms with Gasteiger partial charge in [0, 0.05) is 12.1 Å². The van der Waals surface area contributed by atoms with E-state index in [9.17, 15) is 9.59 Å². The summed E-state index contributed by atoms with van der Waals surface area (Å²) in [4.78, 5) is 25.1. The molecule has 3 rings (SSSR count). The lowest BCUT2D eigenvalue weighted by Gasteiger charge is -2.18. The van der Waals surface area contributed by atoms with Crippen LogP contribution in [-0.2, 0) is 22.6 Å². The molecule has 0 heterocycles. The molecule has 0 aromatic heterocycles. The first-order chi connectivity index (χ1) is 14.6. The van der Waals surface area contributed by atoms with Crippen molar-refractivity contribution < 1.29 is 14.3 Å². The molecule has 0 unspecified atom stereocenters. The Morgan fingerprint density at radius 3 is 2.07 bits per heavy atom. The number of alkyl carbamates (subject to hydrolysis) is 1. The highest BCUT2D eigenvalue weighted by molar-refractivity contribution is 5.96. The van der Waals surface area contributed by atoms with Crippen LogP contribution in [0.25, 0.3) is 0 Å². The number of amides is 2. The number of ether oxygens (including phenoxy) is 1. The number of rotatable bonds is 7. The second-order valence-electron chi connectivity index (χ2n) is 6.63. The summed E-state index contributed by atoms with van der Waals surface area (Å²) >= 11 is 0. The molecular formula is C24H21N3O3. The van der Waals surface area contributed by atoms with Crippen molar-refractivity contribution in [2.24, 2.45) is 0 Å². The van der Waals surface area contributed by atoms with Gasteiger partial charge in [-0.15, -0.1) is 0 Å². The zero-order valence-electron chi connectivity index (χ0n) is 16.2. The highest BCUT2D eigenvalue weighted by Crippen LogP contribution is 2.11. The van der Waals surface area contributed by atoms with Crippen molar-refractivity contribution in [3.05, 3.63) is 102 Å². The fourth-order valence-electron chi connectivity index (χ4n) is 2.82. The second-order valence-corrected chi connectivity index (χ2v) is 6.63. The summed E-state index contributed by atoms with van der Waals surface area (Å²) in [6, 6.07) is 26.4. The zero-order valence-corrected chi connectivity index (χ0v) is 16.2. The fourth-order valence-corrected chi connectivity index (χ4v) is 2.82. The van der Waals surface area contributed by atoms with E-state index in [4.69, 9.17) is 10.00 Å². The predicted molar refractivity (Wildman–Crippen MR) is 113 cm³/mol. The summed E-state index contributed by atoms with van der Waals surface area (Å²) in [6.45, 7) is 0.113. The molecule has 2 amide bonds. The third-order valence-corrected chi connectivity index (χ3v) is 4.39. The molecule has 0 spiro atoms. The van der Waals surface area contributed by atoms with E-state index < -0.39 is 12.1 Å². The largest absolute Gasteiger partial charge is 0.445 e. The highest BCUT2D eigenvalue weighted by Gasteiger charge is 2.22. The molecule has 6 heteroatoms. The monoisotopic (exact) mass is 399 g/mol. The number of benzene rings is 3. The summed E-state index contributed by atoms with van der Waals surface area (Å²) in [6.07, 6.45) is -0.363. The van der Waals surface area contributed by atoms with Crippen LogP contribution in [0, 0.1) is 11.3 Å². The third-order valence-electron chi connectivity index (χ3n) is 4.39. The molecule has 30 heavy (non-hydrogen) atoms. The molecule has 2 N–H and O–H groups in total. The predicted octanol–water partition coefficient (Wildman–Crippen LogP) is 4.03. The van der Waals surface area contributed by atoms with Gasteiger partial charge in [-0.05, 0) is 35.4 Å². The standard InChI is InChI=1S/C24H21N3O3/c25-16-19-11-13-21(14-12-19)26-23(28)22(15-18-7-3-1-4-8-18)27-24(29)30-17-20-9-5-2-6-10-20/h1-14,22H,15,17H2,(H,26,28)(H,27,29)/t22-/m0/s1. The average molecular weight is 399 g/mol. The Morgan fingerprint density at radius 1 is 0.867 bits per heavy atom. The van der Waals surface area contributed by atoms with Crippen molar-refractivity contribution in [2.45, 2.75) is 19.1 Å². The number of nitriles is 1. The van der Waals surface area contributed by atoms with E-state index in [1.807, 2.05) is 66.7 Å². The van der Waals surface area contributed by atoms with E-state index in [1.165, 1.54) is 0 Å². The number of hydrogen-bond donors (Lipinski definition) is 2. The van der Waals surface area contributed by atoms with E-state index >= 15 is 0 Å². The van der Waals surface area contributed by atoms with E-state index in [2.05, 4.69) is 10.6 Å². The smallest absolute Gasteiger partial charge is 0.408 e. The molecule has 0 aliphatic heterocycles. The lowest BCUT2D eigenvalue weighted by Crippen LogP contribution is -2.45. The summed E-state index contributed by atoms with van der Waals surface area (Å²) in [5.74, 6) is -0.375. The molecule has 0 saturated heterocycles. The van der Waals surface area contributed by atoms with Crippen molar-refractivity contribution in [1.29, 1.82) is 5.26 Å². The number of carbonyl (C=O) groups excluding carboxylic acids is 2. The van der Waals surface area contributed by atoms with Crippen LogP contribution in [0.4, 0.5) is 10.5 Å². The summed E-state index contributed by atoms with van der Waals surface area (Å²) < 4.78 is 5.26. The number of carbonyl (C=O) groups is 2. The van der Waals surface area contributed by atoms with Crippen LogP contribution >= 0.6 is 0 Å². The fraction of sp³-hybridized carbons (Fsp3) is 0.125. The SMILES string of the molecule is N#Cc1ccc(NC(=O)[C@H](Cc2ccccc2)NC(=O)OCc2ccccc2)cc1. The highest BCUT2D eigenvalue weighted by atomic mass is 16.5. The molecule has 150 valence electrons. The van der Waals surface area contributed by atoms with E-state index in [-0.39, 0.29) is 12.5 Å². The minimum atomic E-state index is -0.827. The maximum atomic E-state index is 12.8. The van der Waals surface area contributed by atoms with Gasteiger partial charge < -0.3 is 15.4 Å². The van der Waals surface area contributed by atoms with Gasteiger partial charge in [-0.3, -0.25) is 4.79 Å². The summed E-state index contributed by atoms with van der Waals surface area (Å²) in [5, 5.41) is 14.3. The van der Waals surface area contributed by atoms with Gasteiger partial charge in [0.1, 0.15) is 12.6 Å². The first kappa shape index (κ1) is 20.6. The Balaban J connectivity index is 1.66. The second kappa shape index (κ2) is 10.4. The van der Waals surface area contributed by atoms with Crippen molar-refractivity contribution in [1.82, 2.24) is 5.32 Å². The van der Waals surface area contributed by atoms with Gasteiger partial charge in [-0.2, -0.15) is 5.26 Å². The number of anilines is 1. The quantitative estimate of drug-likeness (QED) is 0.627. The van der Waals surface area contributed by atoms with Gasteiger partial charge in [-0.1, -0.05) is 60.7 Å². The Labute approximate surface area is 175 Å². The summed E-state index contributed by atoms with van der Waals surface area (Å²) in [7, 11) is 0. The van der Waals surface area contributed by atoms with E-state index in [0.29, 0.717) is 17.7 Å². The third kappa shape index (κ3) is 6.21. The first-order valence-corrected chi connectivity index (χ1v) is 9.46. The normalized spacial score (nSPS) is 11.0. The molecule has 0 aliphatic carbocycles. The van der Waals surface area contributed by atoms with Gasteiger partial charge in [0.05, 0.1) is 11.6 Å². The Bertz CT molecular complexity index is 1010. The van der Waals surface area contributed by atoms with Gasteiger partial charge in [0.2, 0.25) is 5.91 Å². The van der Waals surface area contributed by atoms with Crippen molar-refractivity contribution in [3.63, 3.8) is 0 Å². The van der Waals surface area contributed by atoms with Crippen molar-refractivity contribution in [3.8, 4) is 6.07 Å². The Hall–Kier alpha value is -4.11. The van der Waals surface area contributed by atoms with Crippen LogP contribution in [0.1, 0.15) is 16.7 Å². The first-order valence-electron chi connectivity index (χ1n) is 9.46. The van der Waals surface area contributed by atoms with Crippen LogP contribution < -0.4 is 10.6 Å². The van der Waals surface area contributed by atoms with Gasteiger partial charge in [0.25, 0.3) is 0 Å². The van der Waals surface area contributed by atoms with E-state index in [1.54, 1.807) is 24.3 Å². The number of nitrogens with zero attached hydrogens (tertiary/aromatic N) is 1. The van der Waals surface area contributed by atoms with Crippen molar-refractivity contribution >= 4 is 17.7 Å². The van der Waals surface area contributed by atoms with Gasteiger partial charge in [-0.25, -0.2) is 4.79 Å². The maximum Gasteiger partial charge on any atom is 0.408 e. The van der Waals surface area contributed by atoms with Gasteiger partial charge >= 0.3 is 6.09 Å². The zero-order chi connectivity index (χ0) is 21.2. The van der Waals surface area contributed by atoms with Crippen LogP contribution in [0.2, 0.25) is 0 Å². The van der Waals surface area contributed by atoms with Gasteiger partial charge in [0.15, 0.2) is 0 Å². The number of nitrogens with one attached hydrogen (secondary N) is 2. The minimum absolute atomic E-state index is 0.113. The lowest BCUT2D eigenvalue weighted by atomic mass is 10.1. The summed E-state index contributed by atoms with van der Waals surface area (Å²) in [5.41, 5.74) is 2.79. The Morgan fingerprint density at radius 2 is 1.47 bits per heavy atom.